The molecule has 0 atom stereocenters. The Kier molecular flexibility index (Phi) is 4.94. The van der Waals surface area contributed by atoms with Gasteiger partial charge in [0.1, 0.15) is 0 Å². The highest BCUT2D eigenvalue weighted by Gasteiger charge is 2.09. The number of nitrogens with zero attached hydrogens (tertiary/aromatic N) is 2. The van der Waals surface area contributed by atoms with Crippen molar-refractivity contribution in [3.8, 4) is 0 Å². The summed E-state index contributed by atoms with van der Waals surface area (Å²) in [4.78, 5) is 22.7. The summed E-state index contributed by atoms with van der Waals surface area (Å²) in [5.74, 6) is -1.05. The Hall–Kier alpha value is -2.35. The molecule has 8 heteroatoms. The molecule has 21 heavy (non-hydrogen) atoms. The van der Waals surface area contributed by atoms with Crippen LogP contribution in [0.4, 0.5) is 10.5 Å². The van der Waals surface area contributed by atoms with E-state index < -0.39 is 12.0 Å². The monoisotopic (exact) mass is 352 g/mol. The lowest BCUT2D eigenvalue weighted by Gasteiger charge is -2.10. The van der Waals surface area contributed by atoms with Gasteiger partial charge in [0.2, 0.25) is 0 Å². The highest BCUT2D eigenvalue weighted by atomic mass is 79.9. The van der Waals surface area contributed by atoms with Gasteiger partial charge in [-0.05, 0) is 40.2 Å². The van der Waals surface area contributed by atoms with Gasteiger partial charge in [-0.1, -0.05) is 0 Å². The fourth-order valence-corrected chi connectivity index (χ4v) is 1.98. The molecule has 3 N–H and O–H groups in total. The van der Waals surface area contributed by atoms with Crippen molar-refractivity contribution in [1.29, 1.82) is 0 Å². The van der Waals surface area contributed by atoms with Gasteiger partial charge in [0.15, 0.2) is 0 Å². The van der Waals surface area contributed by atoms with Crippen molar-refractivity contribution >= 4 is 33.6 Å². The van der Waals surface area contributed by atoms with E-state index >= 15 is 0 Å². The number of hydrogen-bond donors (Lipinski definition) is 3. The van der Waals surface area contributed by atoms with Gasteiger partial charge >= 0.3 is 12.0 Å². The number of urea groups is 1. The Bertz CT molecular complexity index is 643. The molecule has 0 unspecified atom stereocenters. The molecule has 1 aromatic carbocycles. The first kappa shape index (κ1) is 15.0. The third kappa shape index (κ3) is 4.32. The van der Waals surface area contributed by atoms with Gasteiger partial charge in [0.25, 0.3) is 0 Å². The SMILES string of the molecule is O=C(NCCn1cccn1)Nc1cc(C(=O)O)ccc1Br. The number of aromatic carboxylic acids is 1. The normalized spacial score (nSPS) is 10.1. The molecule has 0 spiro atoms. The predicted molar refractivity (Wildman–Crippen MR) is 80.3 cm³/mol. The van der Waals surface area contributed by atoms with Crippen LogP contribution >= 0.6 is 15.9 Å². The third-order valence-corrected chi connectivity index (χ3v) is 3.34. The summed E-state index contributed by atoms with van der Waals surface area (Å²) in [5, 5.41) is 18.2. The van der Waals surface area contributed by atoms with Gasteiger partial charge in [-0.25, -0.2) is 9.59 Å². The maximum Gasteiger partial charge on any atom is 0.335 e. The summed E-state index contributed by atoms with van der Waals surface area (Å²) in [6, 6.07) is 5.80. The minimum atomic E-state index is -1.05. The zero-order valence-corrected chi connectivity index (χ0v) is 12.5. The number of carboxylic acids is 1. The first-order valence-corrected chi connectivity index (χ1v) is 6.90. The zero-order chi connectivity index (χ0) is 15.2. The van der Waals surface area contributed by atoms with Crippen LogP contribution in [0, 0.1) is 0 Å². The van der Waals surface area contributed by atoms with Crippen LogP contribution in [0.2, 0.25) is 0 Å². The largest absolute Gasteiger partial charge is 0.478 e. The van der Waals surface area contributed by atoms with Gasteiger partial charge in [0.05, 0.1) is 17.8 Å². The molecule has 0 fully saturated rings. The van der Waals surface area contributed by atoms with Crippen molar-refractivity contribution in [3.05, 3.63) is 46.7 Å². The third-order valence-electron chi connectivity index (χ3n) is 2.65. The first-order chi connectivity index (χ1) is 10.1. The van der Waals surface area contributed by atoms with Crippen LogP contribution in [-0.2, 0) is 6.54 Å². The first-order valence-electron chi connectivity index (χ1n) is 6.11. The number of carboxylic acid groups (broad SMARTS) is 1. The number of nitrogens with one attached hydrogen (secondary N) is 2. The van der Waals surface area contributed by atoms with Crippen LogP contribution in [0.5, 0.6) is 0 Å². The van der Waals surface area contributed by atoms with E-state index in [1.807, 2.05) is 0 Å². The Morgan fingerprint density at radius 3 is 2.86 bits per heavy atom. The molecule has 1 aromatic heterocycles. The number of carbonyl (C=O) groups excluding carboxylic acids is 1. The average Bonchev–Trinajstić information content (AvgIpc) is 2.94. The van der Waals surface area contributed by atoms with Crippen LogP contribution < -0.4 is 10.6 Å². The molecule has 2 aromatic rings. The van der Waals surface area contributed by atoms with Crippen molar-refractivity contribution < 1.29 is 14.7 Å². The number of hydrogen-bond acceptors (Lipinski definition) is 3. The second-order valence-electron chi connectivity index (χ2n) is 4.15. The molecule has 0 aliphatic rings. The average molecular weight is 353 g/mol. The number of anilines is 1. The minimum absolute atomic E-state index is 0.102. The maximum absolute atomic E-state index is 11.8. The van der Waals surface area contributed by atoms with E-state index in [2.05, 4.69) is 31.7 Å². The summed E-state index contributed by atoms with van der Waals surface area (Å²) in [5.41, 5.74) is 0.497. The van der Waals surface area contributed by atoms with Crippen LogP contribution in [0.25, 0.3) is 0 Å². The van der Waals surface area contributed by atoms with E-state index in [4.69, 9.17) is 5.11 Å². The highest BCUT2D eigenvalue weighted by Crippen LogP contribution is 2.23. The van der Waals surface area contributed by atoms with Gasteiger partial charge in [0, 0.05) is 23.4 Å². The molecular weight excluding hydrogens is 340 g/mol. The molecule has 0 saturated heterocycles. The van der Waals surface area contributed by atoms with Crippen LogP contribution in [0.15, 0.2) is 41.1 Å². The number of rotatable bonds is 5. The van der Waals surface area contributed by atoms with E-state index in [0.717, 1.165) is 0 Å². The fourth-order valence-electron chi connectivity index (χ4n) is 1.64. The van der Waals surface area contributed by atoms with Gasteiger partial charge in [-0.2, -0.15) is 5.10 Å². The van der Waals surface area contributed by atoms with E-state index in [0.29, 0.717) is 23.2 Å². The van der Waals surface area contributed by atoms with Gasteiger partial charge in [-0.15, -0.1) is 0 Å². The lowest BCUT2D eigenvalue weighted by atomic mass is 10.2. The highest BCUT2D eigenvalue weighted by molar-refractivity contribution is 9.10. The molecule has 2 rings (SSSR count). The predicted octanol–water partition coefficient (Wildman–Crippen LogP) is 2.17. The lowest BCUT2D eigenvalue weighted by molar-refractivity contribution is 0.0697. The second kappa shape index (κ2) is 6.89. The van der Waals surface area contributed by atoms with Gasteiger partial charge in [-0.3, -0.25) is 4.68 Å². The van der Waals surface area contributed by atoms with Crippen LogP contribution in [-0.4, -0.2) is 33.4 Å². The second-order valence-corrected chi connectivity index (χ2v) is 5.00. The van der Waals surface area contributed by atoms with Crippen molar-refractivity contribution in [3.63, 3.8) is 0 Å². The Morgan fingerprint density at radius 2 is 2.19 bits per heavy atom. The number of halogens is 1. The Morgan fingerprint density at radius 1 is 1.38 bits per heavy atom. The Labute approximate surface area is 129 Å². The smallest absolute Gasteiger partial charge is 0.335 e. The van der Waals surface area contributed by atoms with Crippen LogP contribution in [0.3, 0.4) is 0 Å². The van der Waals surface area contributed by atoms with Gasteiger partial charge < -0.3 is 15.7 Å². The van der Waals surface area contributed by atoms with Crippen molar-refractivity contribution in [1.82, 2.24) is 15.1 Å². The number of benzene rings is 1. The molecule has 0 bridgehead atoms. The summed E-state index contributed by atoms with van der Waals surface area (Å²) in [6.07, 6.45) is 3.46. The van der Waals surface area contributed by atoms with E-state index in [1.54, 1.807) is 29.2 Å². The summed E-state index contributed by atoms with van der Waals surface area (Å²) >= 11 is 3.26. The topological polar surface area (TPSA) is 96.3 Å². The summed E-state index contributed by atoms with van der Waals surface area (Å²) in [7, 11) is 0. The van der Waals surface area contributed by atoms with Crippen molar-refractivity contribution in [2.24, 2.45) is 0 Å². The van der Waals surface area contributed by atoms with E-state index in [9.17, 15) is 9.59 Å². The Balaban J connectivity index is 1.90. The molecule has 110 valence electrons. The van der Waals surface area contributed by atoms with E-state index in [1.165, 1.54) is 12.1 Å². The molecule has 0 saturated carbocycles. The maximum atomic E-state index is 11.8. The quantitative estimate of drug-likeness (QED) is 0.768. The zero-order valence-electron chi connectivity index (χ0n) is 10.9. The summed E-state index contributed by atoms with van der Waals surface area (Å²) in [6.45, 7) is 0.959. The minimum Gasteiger partial charge on any atom is -0.478 e. The standard InChI is InChI=1S/C13H13BrN4O3/c14-10-3-2-9(12(19)20)8-11(10)17-13(21)15-5-7-18-6-1-4-16-18/h1-4,6,8H,5,7H2,(H,19,20)(H2,15,17,21). The van der Waals surface area contributed by atoms with Crippen molar-refractivity contribution in [2.45, 2.75) is 6.54 Å². The molecular formula is C13H13BrN4O3. The van der Waals surface area contributed by atoms with Crippen LogP contribution in [0.1, 0.15) is 10.4 Å². The molecule has 1 heterocycles. The summed E-state index contributed by atoms with van der Waals surface area (Å²) < 4.78 is 2.30. The number of aromatic nitrogens is 2. The molecule has 2 amide bonds. The number of amides is 2. The fraction of sp³-hybridized carbons (Fsp3) is 0.154. The number of carbonyl (C=O) groups is 2. The molecule has 0 radical (unpaired) electrons. The molecule has 7 nitrogen and oxygen atoms in total. The molecule has 0 aliphatic carbocycles. The molecule has 0 aliphatic heterocycles. The van der Waals surface area contributed by atoms with Crippen molar-refractivity contribution in [2.75, 3.05) is 11.9 Å². The van der Waals surface area contributed by atoms with E-state index in [-0.39, 0.29) is 5.56 Å². The lowest BCUT2D eigenvalue weighted by Crippen LogP contribution is -2.31.